The molecule has 0 aromatic heterocycles. The number of hydrogen-bond donors (Lipinski definition) is 3. The first kappa shape index (κ1) is 19.3. The van der Waals surface area contributed by atoms with Gasteiger partial charge in [-0.05, 0) is 57.4 Å². The van der Waals surface area contributed by atoms with E-state index in [1.165, 1.54) is 0 Å². The van der Waals surface area contributed by atoms with Gasteiger partial charge in [-0.25, -0.2) is 4.79 Å². The minimum atomic E-state index is -1.03. The van der Waals surface area contributed by atoms with E-state index in [0.29, 0.717) is 11.3 Å². The number of methoxy groups -OCH3 is 1. The standard InChI is InChI=1S/C17H27NO5/c1-11-10-12(22-5)6-7-13(11)15(20)14(19)8-9-18-16(21)23-17(2,3)4/h6-7,10,14-15,19-20H,8-9H2,1-5H3,(H,18,21). The Balaban J connectivity index is 2.51. The van der Waals surface area contributed by atoms with Crippen LogP contribution >= 0.6 is 0 Å². The Labute approximate surface area is 137 Å². The molecular formula is C17H27NO5. The number of aliphatic hydroxyl groups excluding tert-OH is 2. The Hall–Kier alpha value is -1.79. The predicted molar refractivity (Wildman–Crippen MR) is 87.6 cm³/mol. The van der Waals surface area contributed by atoms with Crippen LogP contribution < -0.4 is 10.1 Å². The molecule has 0 radical (unpaired) electrons. The third-order valence-corrected chi connectivity index (χ3v) is 3.27. The average molecular weight is 325 g/mol. The lowest BCUT2D eigenvalue weighted by atomic mass is 9.97. The number of nitrogens with one attached hydrogen (secondary N) is 1. The first-order valence-corrected chi connectivity index (χ1v) is 7.61. The smallest absolute Gasteiger partial charge is 0.407 e. The molecule has 0 aliphatic carbocycles. The molecule has 0 saturated carbocycles. The number of alkyl carbamates (subject to hydrolysis) is 1. The van der Waals surface area contributed by atoms with Gasteiger partial charge in [0.1, 0.15) is 17.5 Å². The van der Waals surface area contributed by atoms with Gasteiger partial charge in [0, 0.05) is 6.54 Å². The largest absolute Gasteiger partial charge is 0.497 e. The molecule has 0 saturated heterocycles. The fourth-order valence-corrected chi connectivity index (χ4v) is 2.11. The molecule has 23 heavy (non-hydrogen) atoms. The van der Waals surface area contributed by atoms with Crippen LogP contribution in [0.3, 0.4) is 0 Å². The number of hydrogen-bond acceptors (Lipinski definition) is 5. The van der Waals surface area contributed by atoms with E-state index in [0.717, 1.165) is 5.56 Å². The van der Waals surface area contributed by atoms with Crippen molar-refractivity contribution in [2.75, 3.05) is 13.7 Å². The van der Waals surface area contributed by atoms with Gasteiger partial charge < -0.3 is 25.0 Å². The quantitative estimate of drug-likeness (QED) is 0.747. The number of amides is 1. The van der Waals surface area contributed by atoms with E-state index in [9.17, 15) is 15.0 Å². The van der Waals surface area contributed by atoms with Crippen molar-refractivity contribution in [1.29, 1.82) is 0 Å². The van der Waals surface area contributed by atoms with E-state index < -0.39 is 23.9 Å². The van der Waals surface area contributed by atoms with Crippen molar-refractivity contribution >= 4 is 6.09 Å². The number of carbonyl (C=O) groups excluding carboxylic acids is 1. The lowest BCUT2D eigenvalue weighted by Crippen LogP contribution is -2.34. The minimum Gasteiger partial charge on any atom is -0.497 e. The van der Waals surface area contributed by atoms with Crippen LogP contribution in [0.4, 0.5) is 4.79 Å². The maximum atomic E-state index is 11.5. The monoisotopic (exact) mass is 325 g/mol. The summed E-state index contributed by atoms with van der Waals surface area (Å²) < 4.78 is 10.2. The Morgan fingerprint density at radius 2 is 1.96 bits per heavy atom. The highest BCUT2D eigenvalue weighted by Crippen LogP contribution is 2.25. The van der Waals surface area contributed by atoms with E-state index >= 15 is 0 Å². The Bertz CT molecular complexity index is 524. The fourth-order valence-electron chi connectivity index (χ4n) is 2.11. The summed E-state index contributed by atoms with van der Waals surface area (Å²) in [5.41, 5.74) is 0.897. The zero-order valence-electron chi connectivity index (χ0n) is 14.4. The van der Waals surface area contributed by atoms with Crippen LogP contribution in [0.25, 0.3) is 0 Å². The highest BCUT2D eigenvalue weighted by molar-refractivity contribution is 5.67. The van der Waals surface area contributed by atoms with Crippen LogP contribution in [0.15, 0.2) is 18.2 Å². The number of benzene rings is 1. The molecule has 1 aromatic carbocycles. The Morgan fingerprint density at radius 1 is 1.30 bits per heavy atom. The van der Waals surface area contributed by atoms with Gasteiger partial charge in [-0.3, -0.25) is 0 Å². The molecule has 3 N–H and O–H groups in total. The third kappa shape index (κ3) is 6.46. The van der Waals surface area contributed by atoms with Crippen molar-refractivity contribution in [3.05, 3.63) is 29.3 Å². The number of rotatable bonds is 6. The van der Waals surface area contributed by atoms with E-state index in [-0.39, 0.29) is 13.0 Å². The maximum Gasteiger partial charge on any atom is 0.407 e. The van der Waals surface area contributed by atoms with Gasteiger partial charge in [-0.1, -0.05) is 6.07 Å². The summed E-state index contributed by atoms with van der Waals surface area (Å²) >= 11 is 0. The zero-order valence-corrected chi connectivity index (χ0v) is 14.4. The summed E-state index contributed by atoms with van der Waals surface area (Å²) in [5.74, 6) is 0.694. The average Bonchev–Trinajstić information content (AvgIpc) is 2.44. The second-order valence-electron chi connectivity index (χ2n) is 6.45. The third-order valence-electron chi connectivity index (χ3n) is 3.27. The molecule has 1 amide bonds. The van der Waals surface area contributed by atoms with E-state index in [4.69, 9.17) is 9.47 Å². The molecule has 2 unspecified atom stereocenters. The van der Waals surface area contributed by atoms with Crippen molar-refractivity contribution in [2.45, 2.75) is 51.9 Å². The SMILES string of the molecule is COc1ccc(C(O)C(O)CCNC(=O)OC(C)(C)C)c(C)c1. The highest BCUT2D eigenvalue weighted by atomic mass is 16.6. The Kier molecular flexibility index (Phi) is 6.84. The summed E-state index contributed by atoms with van der Waals surface area (Å²) in [4.78, 5) is 11.5. The lowest BCUT2D eigenvalue weighted by molar-refractivity contribution is 0.0119. The first-order chi connectivity index (χ1) is 10.6. The maximum absolute atomic E-state index is 11.5. The zero-order chi connectivity index (χ0) is 17.6. The molecular weight excluding hydrogens is 298 g/mol. The molecule has 0 heterocycles. The van der Waals surface area contributed by atoms with Crippen LogP contribution in [-0.4, -0.2) is 41.7 Å². The summed E-state index contributed by atoms with van der Waals surface area (Å²) in [7, 11) is 1.57. The van der Waals surface area contributed by atoms with Gasteiger partial charge in [-0.2, -0.15) is 0 Å². The number of aryl methyl sites for hydroxylation is 1. The molecule has 0 spiro atoms. The van der Waals surface area contributed by atoms with Crippen molar-refractivity contribution in [1.82, 2.24) is 5.32 Å². The van der Waals surface area contributed by atoms with Crippen LogP contribution in [0.5, 0.6) is 5.75 Å². The van der Waals surface area contributed by atoms with Crippen LogP contribution in [0, 0.1) is 6.92 Å². The molecule has 0 bridgehead atoms. The molecule has 0 aliphatic rings. The van der Waals surface area contributed by atoms with E-state index in [1.54, 1.807) is 46.1 Å². The topological polar surface area (TPSA) is 88.0 Å². The number of carbonyl (C=O) groups is 1. The van der Waals surface area contributed by atoms with Crippen molar-refractivity contribution in [3.63, 3.8) is 0 Å². The molecule has 0 fully saturated rings. The van der Waals surface area contributed by atoms with E-state index in [2.05, 4.69) is 5.32 Å². The molecule has 130 valence electrons. The predicted octanol–water partition coefficient (Wildman–Crippen LogP) is 2.31. The highest BCUT2D eigenvalue weighted by Gasteiger charge is 2.21. The Morgan fingerprint density at radius 3 is 2.48 bits per heavy atom. The van der Waals surface area contributed by atoms with Gasteiger partial charge in [0.25, 0.3) is 0 Å². The number of ether oxygens (including phenoxy) is 2. The second-order valence-corrected chi connectivity index (χ2v) is 6.45. The fraction of sp³-hybridized carbons (Fsp3) is 0.588. The van der Waals surface area contributed by atoms with Gasteiger partial charge in [-0.15, -0.1) is 0 Å². The van der Waals surface area contributed by atoms with Gasteiger partial charge >= 0.3 is 6.09 Å². The molecule has 0 aliphatic heterocycles. The summed E-state index contributed by atoms with van der Waals surface area (Å²) in [6, 6.07) is 5.25. The molecule has 6 nitrogen and oxygen atoms in total. The number of aliphatic hydroxyl groups is 2. The molecule has 1 aromatic rings. The van der Waals surface area contributed by atoms with E-state index in [1.807, 2.05) is 6.92 Å². The summed E-state index contributed by atoms with van der Waals surface area (Å²) in [6.45, 7) is 7.38. The normalized spacial score (nSPS) is 14.0. The van der Waals surface area contributed by atoms with Crippen molar-refractivity contribution in [3.8, 4) is 5.75 Å². The van der Waals surface area contributed by atoms with Gasteiger partial charge in [0.2, 0.25) is 0 Å². The molecule has 6 heteroatoms. The molecule has 2 atom stereocenters. The van der Waals surface area contributed by atoms with Crippen LogP contribution in [-0.2, 0) is 4.74 Å². The molecule has 1 rings (SSSR count). The van der Waals surface area contributed by atoms with Crippen molar-refractivity contribution in [2.24, 2.45) is 0 Å². The second kappa shape index (κ2) is 8.17. The van der Waals surface area contributed by atoms with Gasteiger partial charge in [0.15, 0.2) is 0 Å². The lowest BCUT2D eigenvalue weighted by Gasteiger charge is -2.22. The first-order valence-electron chi connectivity index (χ1n) is 7.61. The van der Waals surface area contributed by atoms with Crippen molar-refractivity contribution < 1.29 is 24.5 Å². The van der Waals surface area contributed by atoms with Gasteiger partial charge in [0.05, 0.1) is 13.2 Å². The summed E-state index contributed by atoms with van der Waals surface area (Å²) in [5, 5.41) is 22.9. The summed E-state index contributed by atoms with van der Waals surface area (Å²) in [6.07, 6.45) is -2.34. The van der Waals surface area contributed by atoms with Crippen LogP contribution in [0.2, 0.25) is 0 Å². The minimum absolute atomic E-state index is 0.211. The van der Waals surface area contributed by atoms with Crippen LogP contribution in [0.1, 0.15) is 44.4 Å².